The summed E-state index contributed by atoms with van der Waals surface area (Å²) in [5, 5.41) is 3.09. The number of anilines is 1. The van der Waals surface area contributed by atoms with E-state index < -0.39 is 0 Å². The molecule has 3 rings (SSSR count). The van der Waals surface area contributed by atoms with Gasteiger partial charge in [0.05, 0.1) is 6.54 Å². The van der Waals surface area contributed by atoms with Gasteiger partial charge in [-0.25, -0.2) is 0 Å². The Bertz CT molecular complexity index is 968. The second-order valence-electron chi connectivity index (χ2n) is 8.91. The van der Waals surface area contributed by atoms with Crippen molar-refractivity contribution in [2.45, 2.75) is 48.1 Å². The lowest BCUT2D eigenvalue weighted by Gasteiger charge is -2.35. The Hall–Kier alpha value is -2.50. The predicted octanol–water partition coefficient (Wildman–Crippen LogP) is 4.19. The van der Waals surface area contributed by atoms with Gasteiger partial charge in [-0.05, 0) is 74.9 Å². The maximum absolute atomic E-state index is 12.6. The van der Waals surface area contributed by atoms with Crippen LogP contribution < -0.4 is 5.32 Å². The second-order valence-corrected chi connectivity index (χ2v) is 8.91. The molecule has 1 saturated heterocycles. The number of Topliss-reactive ketones (excluding diaryl/α,β-unsaturated/α-hetero) is 1. The number of para-hydroxylation sites is 1. The topological polar surface area (TPSA) is 52.7 Å². The van der Waals surface area contributed by atoms with Gasteiger partial charge in [0.1, 0.15) is 0 Å². The number of rotatable bonds is 6. The molecule has 0 unspecified atom stereocenters. The number of piperazine rings is 1. The number of ketones is 1. The van der Waals surface area contributed by atoms with Crippen molar-refractivity contribution >= 4 is 17.4 Å². The summed E-state index contributed by atoms with van der Waals surface area (Å²) in [6, 6.07) is 8.19. The minimum absolute atomic E-state index is 0.0437. The van der Waals surface area contributed by atoms with Gasteiger partial charge in [-0.3, -0.25) is 19.4 Å². The van der Waals surface area contributed by atoms with Crippen LogP contribution >= 0.6 is 0 Å². The second kappa shape index (κ2) is 9.75. The van der Waals surface area contributed by atoms with Crippen LogP contribution in [0.25, 0.3) is 0 Å². The first kappa shape index (κ1) is 23.2. The Morgan fingerprint density at radius 2 is 1.45 bits per heavy atom. The summed E-state index contributed by atoms with van der Waals surface area (Å²) < 4.78 is 0. The van der Waals surface area contributed by atoms with Crippen LogP contribution in [0.3, 0.4) is 0 Å². The van der Waals surface area contributed by atoms with Crippen LogP contribution in [-0.2, 0) is 11.3 Å². The number of nitrogens with zero attached hydrogens (tertiary/aromatic N) is 2. The molecule has 166 valence electrons. The summed E-state index contributed by atoms with van der Waals surface area (Å²) in [7, 11) is 0. The van der Waals surface area contributed by atoms with Gasteiger partial charge in [0.25, 0.3) is 0 Å². The van der Waals surface area contributed by atoms with Crippen molar-refractivity contribution in [2.24, 2.45) is 0 Å². The fourth-order valence-electron chi connectivity index (χ4n) is 4.73. The van der Waals surface area contributed by atoms with E-state index in [1.54, 1.807) is 6.92 Å². The molecule has 5 heteroatoms. The molecule has 0 saturated carbocycles. The molecule has 0 aliphatic carbocycles. The zero-order chi connectivity index (χ0) is 22.7. The highest BCUT2D eigenvalue weighted by atomic mass is 16.2. The van der Waals surface area contributed by atoms with Crippen molar-refractivity contribution in [3.63, 3.8) is 0 Å². The Balaban J connectivity index is 1.57. The van der Waals surface area contributed by atoms with Crippen LogP contribution in [0.15, 0.2) is 24.3 Å². The number of aryl methyl sites for hydroxylation is 4. The molecule has 2 aromatic carbocycles. The number of carbonyl (C=O) groups excluding carboxylic acids is 2. The van der Waals surface area contributed by atoms with Crippen molar-refractivity contribution < 1.29 is 9.59 Å². The lowest BCUT2D eigenvalue weighted by Crippen LogP contribution is -2.48. The quantitative estimate of drug-likeness (QED) is 0.711. The number of benzene rings is 2. The molecule has 5 nitrogen and oxygen atoms in total. The fourth-order valence-corrected chi connectivity index (χ4v) is 4.73. The highest BCUT2D eigenvalue weighted by Crippen LogP contribution is 2.25. The Kier molecular flexibility index (Phi) is 7.29. The molecule has 1 aliphatic heterocycles. The first-order valence-electron chi connectivity index (χ1n) is 11.1. The molecule has 1 fully saturated rings. The van der Waals surface area contributed by atoms with Gasteiger partial charge in [0.15, 0.2) is 5.78 Å². The molecule has 2 aromatic rings. The largest absolute Gasteiger partial charge is 0.324 e. The van der Waals surface area contributed by atoms with E-state index in [4.69, 9.17) is 0 Å². The predicted molar refractivity (Wildman–Crippen MR) is 127 cm³/mol. The molecular weight excluding hydrogens is 386 g/mol. The monoisotopic (exact) mass is 421 g/mol. The van der Waals surface area contributed by atoms with Crippen molar-refractivity contribution in [3.05, 3.63) is 63.2 Å². The molecule has 1 aliphatic rings. The first-order chi connectivity index (χ1) is 14.7. The Labute approximate surface area is 186 Å². The van der Waals surface area contributed by atoms with Gasteiger partial charge in [0.2, 0.25) is 5.91 Å². The normalized spacial score (nSPS) is 15.2. The van der Waals surface area contributed by atoms with E-state index >= 15 is 0 Å². The smallest absolute Gasteiger partial charge is 0.238 e. The van der Waals surface area contributed by atoms with Crippen LogP contribution in [0.2, 0.25) is 0 Å². The van der Waals surface area contributed by atoms with Crippen LogP contribution in [0.1, 0.15) is 50.7 Å². The number of nitrogens with one attached hydrogen (secondary N) is 1. The van der Waals surface area contributed by atoms with E-state index in [9.17, 15) is 9.59 Å². The van der Waals surface area contributed by atoms with Gasteiger partial charge >= 0.3 is 0 Å². The van der Waals surface area contributed by atoms with Crippen LogP contribution in [0, 0.1) is 34.6 Å². The minimum atomic E-state index is 0.0437. The van der Waals surface area contributed by atoms with E-state index in [-0.39, 0.29) is 11.7 Å². The number of hydrogen-bond acceptors (Lipinski definition) is 4. The highest BCUT2D eigenvalue weighted by molar-refractivity contribution is 5.97. The molecule has 1 heterocycles. The van der Waals surface area contributed by atoms with Crippen LogP contribution in [0.4, 0.5) is 5.69 Å². The van der Waals surface area contributed by atoms with Gasteiger partial charge < -0.3 is 5.32 Å². The van der Waals surface area contributed by atoms with Crippen molar-refractivity contribution in [3.8, 4) is 0 Å². The first-order valence-corrected chi connectivity index (χ1v) is 11.1. The maximum atomic E-state index is 12.6. The Morgan fingerprint density at radius 1 is 0.871 bits per heavy atom. The molecule has 1 N–H and O–H groups in total. The van der Waals surface area contributed by atoms with Crippen molar-refractivity contribution in [2.75, 3.05) is 38.0 Å². The molecule has 0 aromatic heterocycles. The summed E-state index contributed by atoms with van der Waals surface area (Å²) >= 11 is 0. The molecule has 0 atom stereocenters. The number of amides is 1. The third-order valence-electron chi connectivity index (χ3n) is 6.44. The SMILES string of the molecule is CC(=O)c1c(C)cc(C)c(CN2CCN(CC(=O)Nc3c(C)cccc3C)CC2)c1C. The van der Waals surface area contributed by atoms with E-state index in [2.05, 4.69) is 35.0 Å². The van der Waals surface area contributed by atoms with Gasteiger partial charge in [-0.1, -0.05) is 24.3 Å². The van der Waals surface area contributed by atoms with Gasteiger partial charge in [-0.2, -0.15) is 0 Å². The average Bonchev–Trinajstić information content (AvgIpc) is 2.69. The summed E-state index contributed by atoms with van der Waals surface area (Å²) in [4.78, 5) is 29.3. The van der Waals surface area contributed by atoms with Gasteiger partial charge in [-0.15, -0.1) is 0 Å². The number of hydrogen-bond donors (Lipinski definition) is 1. The maximum Gasteiger partial charge on any atom is 0.238 e. The molecule has 0 bridgehead atoms. The highest BCUT2D eigenvalue weighted by Gasteiger charge is 2.22. The fraction of sp³-hybridized carbons (Fsp3) is 0.462. The van der Waals surface area contributed by atoms with E-state index in [0.717, 1.165) is 66.2 Å². The summed E-state index contributed by atoms with van der Waals surface area (Å²) in [5.74, 6) is 0.179. The Morgan fingerprint density at radius 3 is 2.03 bits per heavy atom. The number of carbonyl (C=O) groups is 2. The molecule has 0 radical (unpaired) electrons. The molecule has 0 spiro atoms. The zero-order valence-corrected chi connectivity index (χ0v) is 19.8. The minimum Gasteiger partial charge on any atom is -0.324 e. The lowest BCUT2D eigenvalue weighted by molar-refractivity contribution is -0.117. The van der Waals surface area contributed by atoms with Crippen LogP contribution in [0.5, 0.6) is 0 Å². The third-order valence-corrected chi connectivity index (χ3v) is 6.44. The van der Waals surface area contributed by atoms with E-state index in [1.165, 1.54) is 11.1 Å². The van der Waals surface area contributed by atoms with E-state index in [1.807, 2.05) is 39.0 Å². The van der Waals surface area contributed by atoms with Crippen molar-refractivity contribution in [1.29, 1.82) is 0 Å². The third kappa shape index (κ3) is 5.41. The average molecular weight is 422 g/mol. The standard InChI is InChI=1S/C26H35N3O2/c1-17-8-7-9-18(2)26(17)27-24(31)16-29-12-10-28(11-13-29)15-23-19(3)14-20(4)25(21(23)5)22(6)30/h7-9,14H,10-13,15-16H2,1-6H3,(H,27,31). The van der Waals surface area contributed by atoms with Gasteiger partial charge in [0, 0.05) is 44.0 Å². The van der Waals surface area contributed by atoms with Crippen LogP contribution in [-0.4, -0.2) is 54.2 Å². The lowest BCUT2D eigenvalue weighted by atomic mass is 9.91. The zero-order valence-electron chi connectivity index (χ0n) is 19.8. The molecular formula is C26H35N3O2. The summed E-state index contributed by atoms with van der Waals surface area (Å²) in [6.45, 7) is 16.7. The van der Waals surface area contributed by atoms with Crippen molar-refractivity contribution in [1.82, 2.24) is 9.80 Å². The summed E-state index contributed by atoms with van der Waals surface area (Å²) in [6.07, 6.45) is 0. The van der Waals surface area contributed by atoms with E-state index in [0.29, 0.717) is 6.54 Å². The molecule has 1 amide bonds. The molecule has 31 heavy (non-hydrogen) atoms. The summed E-state index contributed by atoms with van der Waals surface area (Å²) in [5.41, 5.74) is 8.65.